The van der Waals surface area contributed by atoms with Crippen molar-refractivity contribution in [3.8, 4) is 6.07 Å². The van der Waals surface area contributed by atoms with Crippen LogP contribution in [0.3, 0.4) is 0 Å². The highest BCUT2D eigenvalue weighted by Crippen LogP contribution is 2.19. The van der Waals surface area contributed by atoms with Crippen molar-refractivity contribution in [3.05, 3.63) is 83.1 Å². The molecule has 3 rings (SSSR count). The molecule has 6 heteroatoms. The number of amides is 1. The lowest BCUT2D eigenvalue weighted by molar-refractivity contribution is 0.102. The Kier molecular flexibility index (Phi) is 4.93. The molecule has 3 aromatic rings. The quantitative estimate of drug-likeness (QED) is 0.722. The van der Waals surface area contributed by atoms with Gasteiger partial charge in [0.1, 0.15) is 5.69 Å². The fourth-order valence-corrected chi connectivity index (χ4v) is 2.38. The average Bonchev–Trinajstić information content (AvgIpc) is 2.62. The predicted octanol–water partition coefficient (Wildman–Crippen LogP) is 4.60. The number of carbonyl (C=O) groups is 1. The zero-order chi connectivity index (χ0) is 17.6. The summed E-state index contributed by atoms with van der Waals surface area (Å²) in [5, 5.41) is 15.3. The number of rotatable bonds is 4. The predicted molar refractivity (Wildman–Crippen MR) is 98.1 cm³/mol. The molecule has 1 heterocycles. The lowest BCUT2D eigenvalue weighted by atomic mass is 10.2. The van der Waals surface area contributed by atoms with Crippen LogP contribution in [0, 0.1) is 11.3 Å². The topological polar surface area (TPSA) is 77.8 Å². The van der Waals surface area contributed by atoms with E-state index in [1.54, 1.807) is 66.9 Å². The number of hydrogen-bond donors (Lipinski definition) is 2. The fraction of sp³-hybridized carbons (Fsp3) is 0. The maximum atomic E-state index is 12.3. The molecule has 0 aliphatic carbocycles. The van der Waals surface area contributed by atoms with E-state index in [2.05, 4.69) is 21.7 Å². The molecule has 0 bridgehead atoms. The molecule has 0 unspecified atom stereocenters. The number of halogens is 1. The highest BCUT2D eigenvalue weighted by atomic mass is 35.5. The van der Waals surface area contributed by atoms with E-state index in [9.17, 15) is 4.79 Å². The number of carbonyl (C=O) groups excluding carboxylic acids is 1. The van der Waals surface area contributed by atoms with Gasteiger partial charge in [-0.1, -0.05) is 17.7 Å². The van der Waals surface area contributed by atoms with E-state index < -0.39 is 0 Å². The molecule has 0 aliphatic rings. The highest BCUT2D eigenvalue weighted by molar-refractivity contribution is 6.30. The van der Waals surface area contributed by atoms with Crippen LogP contribution in [0.25, 0.3) is 0 Å². The molecule has 0 atom stereocenters. The second-order valence-corrected chi connectivity index (χ2v) is 5.64. The Morgan fingerprint density at radius 1 is 1.00 bits per heavy atom. The number of aromatic nitrogens is 1. The summed E-state index contributed by atoms with van der Waals surface area (Å²) < 4.78 is 0. The molecule has 2 N–H and O–H groups in total. The molecule has 0 aliphatic heterocycles. The molecule has 1 aromatic heterocycles. The Morgan fingerprint density at radius 2 is 1.80 bits per heavy atom. The summed E-state index contributed by atoms with van der Waals surface area (Å²) in [5.74, 6) is -0.328. The first-order valence-corrected chi connectivity index (χ1v) is 7.82. The Balaban J connectivity index is 1.74. The molecule has 1 amide bonds. The summed E-state index contributed by atoms with van der Waals surface area (Å²) >= 11 is 5.91. The maximum Gasteiger partial charge on any atom is 0.274 e. The summed E-state index contributed by atoms with van der Waals surface area (Å²) in [6.07, 6.45) is 1.55. The Labute approximate surface area is 149 Å². The van der Waals surface area contributed by atoms with Gasteiger partial charge in [-0.25, -0.2) is 0 Å². The lowest BCUT2D eigenvalue weighted by Gasteiger charge is -2.09. The van der Waals surface area contributed by atoms with Gasteiger partial charge in [0.25, 0.3) is 5.91 Å². The first kappa shape index (κ1) is 16.5. The van der Waals surface area contributed by atoms with Gasteiger partial charge >= 0.3 is 0 Å². The molecule has 25 heavy (non-hydrogen) atoms. The second-order valence-electron chi connectivity index (χ2n) is 5.21. The minimum atomic E-state index is -0.328. The molecule has 0 fully saturated rings. The number of nitrogens with one attached hydrogen (secondary N) is 2. The smallest absolute Gasteiger partial charge is 0.274 e. The zero-order valence-corrected chi connectivity index (χ0v) is 13.8. The van der Waals surface area contributed by atoms with Crippen LogP contribution in [-0.2, 0) is 0 Å². The van der Waals surface area contributed by atoms with Gasteiger partial charge in [0.05, 0.1) is 11.6 Å². The average molecular weight is 349 g/mol. The van der Waals surface area contributed by atoms with Crippen LogP contribution in [-0.4, -0.2) is 10.9 Å². The number of hydrogen-bond acceptors (Lipinski definition) is 4. The third-order valence-corrected chi connectivity index (χ3v) is 3.61. The van der Waals surface area contributed by atoms with Gasteiger partial charge in [-0.2, -0.15) is 5.26 Å². The van der Waals surface area contributed by atoms with Crippen molar-refractivity contribution in [2.75, 3.05) is 10.6 Å². The maximum absolute atomic E-state index is 12.3. The standard InChI is InChI=1S/C19H13ClN4O/c20-14-2-1-3-16(10-14)24-19(25)18-11-17(8-9-22-18)23-15-6-4-13(12-21)5-7-15/h1-11H,(H,22,23)(H,24,25). The van der Waals surface area contributed by atoms with Crippen LogP contribution in [0.2, 0.25) is 5.02 Å². The van der Waals surface area contributed by atoms with Gasteiger partial charge in [0, 0.05) is 28.3 Å². The fourth-order valence-electron chi connectivity index (χ4n) is 2.19. The monoisotopic (exact) mass is 348 g/mol. The van der Waals surface area contributed by atoms with Gasteiger partial charge in [0.15, 0.2) is 0 Å². The molecule has 2 aromatic carbocycles. The van der Waals surface area contributed by atoms with E-state index in [0.29, 0.717) is 16.3 Å². The molecular formula is C19H13ClN4O. The molecule has 0 saturated heterocycles. The largest absolute Gasteiger partial charge is 0.355 e. The zero-order valence-electron chi connectivity index (χ0n) is 13.0. The Morgan fingerprint density at radius 3 is 2.52 bits per heavy atom. The first-order valence-electron chi connectivity index (χ1n) is 7.44. The summed E-state index contributed by atoms with van der Waals surface area (Å²) in [6, 6.07) is 19.4. The molecular weight excluding hydrogens is 336 g/mol. The van der Waals surface area contributed by atoms with Crippen molar-refractivity contribution in [3.63, 3.8) is 0 Å². The summed E-state index contributed by atoms with van der Waals surface area (Å²) in [6.45, 7) is 0. The van der Waals surface area contributed by atoms with Gasteiger partial charge in [-0.05, 0) is 54.6 Å². The van der Waals surface area contributed by atoms with Crippen LogP contribution < -0.4 is 10.6 Å². The van der Waals surface area contributed by atoms with Gasteiger partial charge in [-0.15, -0.1) is 0 Å². The minimum absolute atomic E-state index is 0.277. The first-order chi connectivity index (χ1) is 12.1. The molecule has 0 saturated carbocycles. The number of benzene rings is 2. The molecule has 0 radical (unpaired) electrons. The van der Waals surface area contributed by atoms with E-state index in [1.807, 2.05) is 0 Å². The summed E-state index contributed by atoms with van der Waals surface area (Å²) in [7, 11) is 0. The molecule has 0 spiro atoms. The van der Waals surface area contributed by atoms with Gasteiger partial charge in [0.2, 0.25) is 0 Å². The Bertz CT molecular complexity index is 948. The van der Waals surface area contributed by atoms with Crippen LogP contribution in [0.15, 0.2) is 66.9 Å². The van der Waals surface area contributed by atoms with Gasteiger partial charge in [-0.3, -0.25) is 9.78 Å². The summed E-state index contributed by atoms with van der Waals surface area (Å²) in [5.41, 5.74) is 2.99. The molecule has 5 nitrogen and oxygen atoms in total. The van der Waals surface area contributed by atoms with Crippen molar-refractivity contribution in [2.45, 2.75) is 0 Å². The van der Waals surface area contributed by atoms with Crippen molar-refractivity contribution in [1.29, 1.82) is 5.26 Å². The van der Waals surface area contributed by atoms with Crippen molar-refractivity contribution in [1.82, 2.24) is 4.98 Å². The van der Waals surface area contributed by atoms with Crippen LogP contribution in [0.1, 0.15) is 16.1 Å². The van der Waals surface area contributed by atoms with E-state index in [-0.39, 0.29) is 11.6 Å². The number of anilines is 3. The number of nitriles is 1. The lowest BCUT2D eigenvalue weighted by Crippen LogP contribution is -2.13. The van der Waals surface area contributed by atoms with Gasteiger partial charge < -0.3 is 10.6 Å². The highest BCUT2D eigenvalue weighted by Gasteiger charge is 2.09. The van der Waals surface area contributed by atoms with Crippen LogP contribution in [0.4, 0.5) is 17.1 Å². The summed E-state index contributed by atoms with van der Waals surface area (Å²) in [4.78, 5) is 16.4. The van der Waals surface area contributed by atoms with Crippen molar-refractivity contribution in [2.24, 2.45) is 0 Å². The third-order valence-electron chi connectivity index (χ3n) is 3.38. The van der Waals surface area contributed by atoms with Crippen LogP contribution in [0.5, 0.6) is 0 Å². The third kappa shape index (κ3) is 4.34. The van der Waals surface area contributed by atoms with Crippen LogP contribution >= 0.6 is 11.6 Å². The normalized spacial score (nSPS) is 9.92. The Hall–Kier alpha value is -3.36. The second kappa shape index (κ2) is 7.47. The van der Waals surface area contributed by atoms with E-state index in [0.717, 1.165) is 11.4 Å². The van der Waals surface area contributed by atoms with E-state index >= 15 is 0 Å². The minimum Gasteiger partial charge on any atom is -0.355 e. The number of nitrogens with zero attached hydrogens (tertiary/aromatic N) is 2. The van der Waals surface area contributed by atoms with E-state index in [1.165, 1.54) is 0 Å². The number of pyridine rings is 1. The SMILES string of the molecule is N#Cc1ccc(Nc2ccnc(C(=O)Nc3cccc(Cl)c3)c2)cc1. The molecule has 122 valence electrons. The van der Waals surface area contributed by atoms with Crippen molar-refractivity contribution < 1.29 is 4.79 Å². The van der Waals surface area contributed by atoms with Crippen molar-refractivity contribution >= 4 is 34.6 Å². The van der Waals surface area contributed by atoms with E-state index in [4.69, 9.17) is 16.9 Å².